The molecule has 1 aliphatic rings. The molecule has 0 fully saturated rings. The van der Waals surface area contributed by atoms with Crippen LogP contribution in [0.5, 0.6) is 0 Å². The molecule has 0 atom stereocenters. The van der Waals surface area contributed by atoms with E-state index in [4.69, 9.17) is 30.4 Å². The van der Waals surface area contributed by atoms with Gasteiger partial charge >= 0.3 is 33.0 Å². The van der Waals surface area contributed by atoms with Crippen molar-refractivity contribution in [1.82, 2.24) is 0 Å². The summed E-state index contributed by atoms with van der Waals surface area (Å²) in [6.07, 6.45) is 0. The van der Waals surface area contributed by atoms with E-state index in [1.807, 2.05) is 0 Å². The Morgan fingerprint density at radius 2 is 1.05 bits per heavy atom. The van der Waals surface area contributed by atoms with Gasteiger partial charge in [0.25, 0.3) is 0 Å². The number of rotatable bonds is 4. The summed E-state index contributed by atoms with van der Waals surface area (Å²) >= 11 is 0.569. The summed E-state index contributed by atoms with van der Waals surface area (Å²) in [7, 11) is 9.40. The van der Waals surface area contributed by atoms with E-state index in [2.05, 4.69) is 115 Å². The molecular weight excluding hydrogens is 554 g/mol. The quantitative estimate of drug-likeness (QED) is 0.212. The predicted molar refractivity (Wildman–Crippen MR) is 163 cm³/mol. The fourth-order valence-corrected chi connectivity index (χ4v) is 5.43. The van der Waals surface area contributed by atoms with Gasteiger partial charge in [-0.3, -0.25) is 0 Å². The Morgan fingerprint density at radius 3 is 1.50 bits per heavy atom. The summed E-state index contributed by atoms with van der Waals surface area (Å²) < 4.78 is 0. The second-order valence-electron chi connectivity index (χ2n) is 10.5. The van der Waals surface area contributed by atoms with Crippen molar-refractivity contribution in [3.8, 4) is 0 Å². The molecule has 4 aromatic carbocycles. The molecular formula is C33H34Cl2N2Ni. The van der Waals surface area contributed by atoms with E-state index in [-0.39, 0.29) is 0 Å². The van der Waals surface area contributed by atoms with Crippen LogP contribution in [-0.2, 0) is 12.7 Å². The van der Waals surface area contributed by atoms with Gasteiger partial charge in [0.1, 0.15) is 0 Å². The molecule has 0 spiro atoms. The molecule has 5 heteroatoms. The number of benzene rings is 4. The Morgan fingerprint density at radius 1 is 0.632 bits per heavy atom. The third-order valence-electron chi connectivity index (χ3n) is 7.06. The molecule has 0 saturated heterocycles. The first-order valence-corrected chi connectivity index (χ1v) is 15.6. The number of hydrogen-bond acceptors (Lipinski definition) is 2. The van der Waals surface area contributed by atoms with Gasteiger partial charge in [0.05, 0.1) is 22.8 Å². The van der Waals surface area contributed by atoms with Crippen LogP contribution in [0.3, 0.4) is 0 Å². The Labute approximate surface area is 241 Å². The summed E-state index contributed by atoms with van der Waals surface area (Å²) in [6.45, 7) is 15.5. The second kappa shape index (κ2) is 12.2. The SMILES string of the molecule is Cc1cc(C)c(N=C2C(=Nc3c(C(C)C)cccc3C(C)C)c3cccc4cccc2c34)c(C)c1.[Cl][Ni][Cl]. The van der Waals surface area contributed by atoms with Gasteiger partial charge in [0, 0.05) is 16.5 Å². The number of halogens is 2. The van der Waals surface area contributed by atoms with Crippen molar-refractivity contribution in [1.29, 1.82) is 0 Å². The molecule has 0 heterocycles. The van der Waals surface area contributed by atoms with Crippen molar-refractivity contribution >= 4 is 54.0 Å². The minimum absolute atomic E-state index is 0.384. The van der Waals surface area contributed by atoms with Crippen molar-refractivity contribution < 1.29 is 12.7 Å². The van der Waals surface area contributed by atoms with Crippen LogP contribution in [-0.4, -0.2) is 11.4 Å². The zero-order valence-electron chi connectivity index (χ0n) is 23.0. The first-order valence-electron chi connectivity index (χ1n) is 12.9. The Kier molecular flexibility index (Phi) is 9.14. The molecule has 0 N–H and O–H groups in total. The Hall–Kier alpha value is -2.45. The van der Waals surface area contributed by atoms with E-state index < -0.39 is 0 Å². The van der Waals surface area contributed by atoms with E-state index in [0.29, 0.717) is 24.5 Å². The van der Waals surface area contributed by atoms with Crippen LogP contribution in [0, 0.1) is 20.8 Å². The van der Waals surface area contributed by atoms with E-state index >= 15 is 0 Å². The minimum atomic E-state index is 0.384. The molecule has 2 nitrogen and oxygen atoms in total. The zero-order valence-corrected chi connectivity index (χ0v) is 25.5. The molecule has 0 aromatic heterocycles. The molecule has 0 aliphatic heterocycles. The number of aliphatic imine (C=N–C) groups is 2. The molecule has 0 bridgehead atoms. The average Bonchev–Trinajstić information content (AvgIpc) is 3.16. The second-order valence-corrected chi connectivity index (χ2v) is 12.1. The molecule has 0 saturated carbocycles. The van der Waals surface area contributed by atoms with Gasteiger partial charge in [-0.15, -0.1) is 0 Å². The summed E-state index contributed by atoms with van der Waals surface area (Å²) in [4.78, 5) is 10.8. The van der Waals surface area contributed by atoms with Gasteiger partial charge in [0.15, 0.2) is 0 Å². The molecule has 1 aliphatic carbocycles. The topological polar surface area (TPSA) is 24.7 Å². The van der Waals surface area contributed by atoms with Gasteiger partial charge in [0.2, 0.25) is 0 Å². The number of nitrogens with zero attached hydrogens (tertiary/aromatic N) is 2. The van der Waals surface area contributed by atoms with Gasteiger partial charge in [-0.25, -0.2) is 9.98 Å². The molecule has 0 radical (unpaired) electrons. The maximum atomic E-state index is 5.48. The van der Waals surface area contributed by atoms with Crippen molar-refractivity contribution in [2.75, 3.05) is 0 Å². The third kappa shape index (κ3) is 5.62. The van der Waals surface area contributed by atoms with Gasteiger partial charge in [-0.05, 0) is 60.2 Å². The van der Waals surface area contributed by atoms with Crippen molar-refractivity contribution in [2.45, 2.75) is 60.3 Å². The van der Waals surface area contributed by atoms with E-state index in [9.17, 15) is 0 Å². The van der Waals surface area contributed by atoms with Crippen molar-refractivity contribution in [3.05, 3.63) is 106 Å². The summed E-state index contributed by atoms with van der Waals surface area (Å²) in [5.41, 5.74) is 12.7. The molecule has 0 unspecified atom stereocenters. The summed E-state index contributed by atoms with van der Waals surface area (Å²) in [5, 5.41) is 2.49. The van der Waals surface area contributed by atoms with Gasteiger partial charge < -0.3 is 0 Å². The third-order valence-corrected chi connectivity index (χ3v) is 7.06. The van der Waals surface area contributed by atoms with E-state index in [1.54, 1.807) is 0 Å². The van der Waals surface area contributed by atoms with E-state index in [1.165, 1.54) is 49.7 Å². The standard InChI is InChI=1S/C33H34N2.2ClH.Ni/c1-19(2)25-13-10-14-26(20(3)4)31(25)35-33-28-16-9-12-24-11-8-15-27(29(24)28)32(33)34-30-22(6)17-21(5)18-23(30)7;;;/h8-20H,1-7H3;2*1H;/q;;;+2/p-2. The van der Waals surface area contributed by atoms with Crippen LogP contribution in [0.15, 0.2) is 76.7 Å². The number of para-hydroxylation sites is 1. The maximum absolute atomic E-state index is 5.48. The molecule has 0 amide bonds. The van der Waals surface area contributed by atoms with Crippen LogP contribution in [0.2, 0.25) is 0 Å². The number of aryl methyl sites for hydroxylation is 3. The normalized spacial score (nSPS) is 14.7. The van der Waals surface area contributed by atoms with Crippen LogP contribution < -0.4 is 0 Å². The Bertz CT molecular complexity index is 1500. The van der Waals surface area contributed by atoms with Crippen molar-refractivity contribution in [2.24, 2.45) is 9.98 Å². The van der Waals surface area contributed by atoms with Crippen LogP contribution >= 0.6 is 20.4 Å². The summed E-state index contributed by atoms with van der Waals surface area (Å²) in [5.74, 6) is 0.768. The summed E-state index contributed by atoms with van der Waals surface area (Å²) in [6, 6.07) is 24.1. The van der Waals surface area contributed by atoms with Crippen LogP contribution in [0.25, 0.3) is 10.8 Å². The van der Waals surface area contributed by atoms with E-state index in [0.717, 1.165) is 22.8 Å². The first-order chi connectivity index (χ1) is 18.2. The Balaban J connectivity index is 0.00000107. The fraction of sp³-hybridized carbons (Fsp3) is 0.273. The monoisotopic (exact) mass is 586 g/mol. The van der Waals surface area contributed by atoms with Gasteiger partial charge in [-0.2, -0.15) is 0 Å². The average molecular weight is 588 g/mol. The fourth-order valence-electron chi connectivity index (χ4n) is 5.43. The molecule has 4 aromatic rings. The van der Waals surface area contributed by atoms with Crippen molar-refractivity contribution in [3.63, 3.8) is 0 Å². The van der Waals surface area contributed by atoms with Crippen LogP contribution in [0.4, 0.5) is 11.4 Å². The first kappa shape index (κ1) is 28.6. The molecule has 200 valence electrons. The predicted octanol–water partition coefficient (Wildman–Crippen LogP) is 10.6. The zero-order chi connectivity index (χ0) is 27.6. The molecule has 5 rings (SSSR count). The molecule has 38 heavy (non-hydrogen) atoms. The number of hydrogen-bond donors (Lipinski definition) is 0. The van der Waals surface area contributed by atoms with Gasteiger partial charge in [-0.1, -0.05) is 100.0 Å². The van der Waals surface area contributed by atoms with Crippen LogP contribution in [0.1, 0.15) is 78.5 Å².